The first-order valence-corrected chi connectivity index (χ1v) is 6.98. The van der Waals surface area contributed by atoms with E-state index in [9.17, 15) is 13.6 Å². The minimum Gasteiger partial charge on any atom is -0.348 e. The number of benzene rings is 1. The molecule has 0 aliphatic heterocycles. The molecule has 0 bridgehead atoms. The fraction of sp³-hybridized carbons (Fsp3) is 0.533. The first-order valence-electron chi connectivity index (χ1n) is 6.98. The van der Waals surface area contributed by atoms with Crippen molar-refractivity contribution in [2.24, 2.45) is 5.73 Å². The molecule has 2 rings (SSSR count). The third kappa shape index (κ3) is 3.92. The van der Waals surface area contributed by atoms with Crippen LogP contribution in [-0.4, -0.2) is 11.4 Å². The highest BCUT2D eigenvalue weighted by Crippen LogP contribution is 2.27. The average molecular weight is 319 g/mol. The summed E-state index contributed by atoms with van der Waals surface area (Å²) in [5.74, 6) is -1.65. The van der Waals surface area contributed by atoms with Gasteiger partial charge in [0.05, 0.1) is 11.6 Å². The van der Waals surface area contributed by atoms with Gasteiger partial charge < -0.3 is 11.1 Å². The molecular formula is C15H21ClF2N2O. The number of rotatable bonds is 3. The fourth-order valence-corrected chi connectivity index (χ4v) is 2.75. The van der Waals surface area contributed by atoms with Crippen LogP contribution >= 0.6 is 12.4 Å². The Labute approximate surface area is 129 Å². The van der Waals surface area contributed by atoms with Gasteiger partial charge in [-0.2, -0.15) is 0 Å². The van der Waals surface area contributed by atoms with E-state index in [2.05, 4.69) is 5.32 Å². The molecular weight excluding hydrogens is 298 g/mol. The summed E-state index contributed by atoms with van der Waals surface area (Å²) < 4.78 is 27.3. The SMILES string of the molecule is CC(NC(=O)C1(N)CCCCC1)c1c(F)cccc1F.Cl. The summed E-state index contributed by atoms with van der Waals surface area (Å²) in [6, 6.07) is 2.92. The Hall–Kier alpha value is -1.20. The van der Waals surface area contributed by atoms with E-state index >= 15 is 0 Å². The van der Waals surface area contributed by atoms with Gasteiger partial charge in [0.15, 0.2) is 0 Å². The number of hydrogen-bond acceptors (Lipinski definition) is 2. The second kappa shape index (κ2) is 7.18. The lowest BCUT2D eigenvalue weighted by molar-refractivity contribution is -0.128. The van der Waals surface area contributed by atoms with Crippen molar-refractivity contribution >= 4 is 18.3 Å². The molecule has 3 nitrogen and oxygen atoms in total. The zero-order chi connectivity index (χ0) is 14.8. The van der Waals surface area contributed by atoms with Crippen LogP contribution in [0.25, 0.3) is 0 Å². The lowest BCUT2D eigenvalue weighted by Gasteiger charge is -2.33. The molecule has 1 saturated carbocycles. The molecule has 1 aliphatic carbocycles. The first-order chi connectivity index (χ1) is 9.44. The van der Waals surface area contributed by atoms with Crippen molar-refractivity contribution in [2.75, 3.05) is 0 Å². The van der Waals surface area contributed by atoms with Crippen LogP contribution in [0.15, 0.2) is 18.2 Å². The maximum atomic E-state index is 13.7. The topological polar surface area (TPSA) is 55.1 Å². The van der Waals surface area contributed by atoms with Gasteiger partial charge in [-0.1, -0.05) is 25.3 Å². The highest BCUT2D eigenvalue weighted by molar-refractivity contribution is 5.86. The van der Waals surface area contributed by atoms with Gasteiger partial charge >= 0.3 is 0 Å². The van der Waals surface area contributed by atoms with Crippen molar-refractivity contribution in [3.8, 4) is 0 Å². The lowest BCUT2D eigenvalue weighted by atomic mass is 9.81. The quantitative estimate of drug-likeness (QED) is 0.899. The summed E-state index contributed by atoms with van der Waals surface area (Å²) >= 11 is 0. The lowest BCUT2D eigenvalue weighted by Crippen LogP contribution is -2.55. The summed E-state index contributed by atoms with van der Waals surface area (Å²) in [6.45, 7) is 1.56. The zero-order valence-corrected chi connectivity index (χ0v) is 12.8. The molecule has 118 valence electrons. The molecule has 1 atom stereocenters. The molecule has 0 spiro atoms. The van der Waals surface area contributed by atoms with E-state index in [1.54, 1.807) is 6.92 Å². The molecule has 1 aliphatic rings. The summed E-state index contributed by atoms with van der Waals surface area (Å²) in [5.41, 5.74) is 5.07. The molecule has 1 fully saturated rings. The maximum Gasteiger partial charge on any atom is 0.240 e. The van der Waals surface area contributed by atoms with Crippen molar-refractivity contribution in [2.45, 2.75) is 50.6 Å². The van der Waals surface area contributed by atoms with Crippen LogP contribution in [0.5, 0.6) is 0 Å². The summed E-state index contributed by atoms with van der Waals surface area (Å²) in [4.78, 5) is 12.2. The van der Waals surface area contributed by atoms with E-state index in [4.69, 9.17) is 5.73 Å². The van der Waals surface area contributed by atoms with Crippen LogP contribution in [-0.2, 0) is 4.79 Å². The molecule has 3 N–H and O–H groups in total. The molecule has 21 heavy (non-hydrogen) atoms. The molecule has 1 amide bonds. The van der Waals surface area contributed by atoms with E-state index in [0.717, 1.165) is 19.3 Å². The van der Waals surface area contributed by atoms with Crippen LogP contribution in [0.2, 0.25) is 0 Å². The van der Waals surface area contributed by atoms with Crippen molar-refractivity contribution in [1.82, 2.24) is 5.32 Å². The van der Waals surface area contributed by atoms with E-state index < -0.39 is 23.2 Å². The van der Waals surface area contributed by atoms with Crippen LogP contribution in [0.4, 0.5) is 8.78 Å². The fourth-order valence-electron chi connectivity index (χ4n) is 2.75. The van der Waals surface area contributed by atoms with Crippen LogP contribution < -0.4 is 11.1 Å². The number of nitrogens with two attached hydrogens (primary N) is 1. The molecule has 0 radical (unpaired) electrons. The number of hydrogen-bond donors (Lipinski definition) is 2. The van der Waals surface area contributed by atoms with E-state index in [0.29, 0.717) is 12.8 Å². The zero-order valence-electron chi connectivity index (χ0n) is 12.0. The van der Waals surface area contributed by atoms with Gasteiger partial charge in [-0.3, -0.25) is 4.79 Å². The average Bonchev–Trinajstić information content (AvgIpc) is 2.39. The summed E-state index contributed by atoms with van der Waals surface area (Å²) in [5, 5.41) is 2.64. The Morgan fingerprint density at radius 3 is 2.29 bits per heavy atom. The molecule has 0 heterocycles. The smallest absolute Gasteiger partial charge is 0.240 e. The number of amides is 1. The van der Waals surface area contributed by atoms with Crippen LogP contribution in [0.3, 0.4) is 0 Å². The van der Waals surface area contributed by atoms with Crippen molar-refractivity contribution in [1.29, 1.82) is 0 Å². The molecule has 1 aromatic rings. The number of carbonyl (C=O) groups excluding carboxylic acids is 1. The van der Waals surface area contributed by atoms with Crippen molar-refractivity contribution in [3.05, 3.63) is 35.4 Å². The van der Waals surface area contributed by atoms with E-state index in [1.165, 1.54) is 18.2 Å². The Kier molecular flexibility index (Phi) is 6.10. The van der Waals surface area contributed by atoms with Gasteiger partial charge in [0.1, 0.15) is 11.6 Å². The predicted octanol–water partition coefficient (Wildman–Crippen LogP) is 3.23. The Balaban J connectivity index is 0.00000220. The largest absolute Gasteiger partial charge is 0.348 e. The standard InChI is InChI=1S/C15H20F2N2O.ClH/c1-10(13-11(16)6-5-7-12(13)17)19-14(20)15(18)8-3-2-4-9-15;/h5-7,10H,2-4,8-9,18H2,1H3,(H,19,20);1H. The van der Waals surface area contributed by atoms with Gasteiger partial charge in [-0.25, -0.2) is 8.78 Å². The molecule has 0 saturated heterocycles. The minimum absolute atomic E-state index is 0. The molecule has 0 aromatic heterocycles. The van der Waals surface area contributed by atoms with Gasteiger partial charge in [0.25, 0.3) is 0 Å². The molecule has 6 heteroatoms. The van der Waals surface area contributed by atoms with Gasteiger partial charge in [-0.05, 0) is 31.9 Å². The van der Waals surface area contributed by atoms with Crippen LogP contribution in [0, 0.1) is 11.6 Å². The number of nitrogens with one attached hydrogen (secondary N) is 1. The second-order valence-corrected chi connectivity index (χ2v) is 5.55. The Bertz CT molecular complexity index is 484. The summed E-state index contributed by atoms with van der Waals surface area (Å²) in [6.07, 6.45) is 4.12. The Morgan fingerprint density at radius 2 is 1.76 bits per heavy atom. The minimum atomic E-state index is -0.908. The Morgan fingerprint density at radius 1 is 1.24 bits per heavy atom. The van der Waals surface area contributed by atoms with Gasteiger partial charge in [0, 0.05) is 5.56 Å². The van der Waals surface area contributed by atoms with E-state index in [-0.39, 0.29) is 23.9 Å². The number of carbonyl (C=O) groups is 1. The highest BCUT2D eigenvalue weighted by Gasteiger charge is 2.36. The van der Waals surface area contributed by atoms with Crippen LogP contribution in [0.1, 0.15) is 50.6 Å². The number of halogens is 3. The highest BCUT2D eigenvalue weighted by atomic mass is 35.5. The third-order valence-electron chi connectivity index (χ3n) is 3.98. The van der Waals surface area contributed by atoms with Crippen molar-refractivity contribution < 1.29 is 13.6 Å². The second-order valence-electron chi connectivity index (χ2n) is 5.55. The first kappa shape index (κ1) is 17.9. The van der Waals surface area contributed by atoms with Crippen molar-refractivity contribution in [3.63, 3.8) is 0 Å². The van der Waals surface area contributed by atoms with Gasteiger partial charge in [0.2, 0.25) is 5.91 Å². The van der Waals surface area contributed by atoms with E-state index in [1.807, 2.05) is 0 Å². The monoisotopic (exact) mass is 318 g/mol. The third-order valence-corrected chi connectivity index (χ3v) is 3.98. The normalized spacial score (nSPS) is 18.5. The molecule has 1 aromatic carbocycles. The predicted molar refractivity (Wildman–Crippen MR) is 80.2 cm³/mol. The summed E-state index contributed by atoms with van der Waals surface area (Å²) in [7, 11) is 0. The molecule has 1 unspecified atom stereocenters. The maximum absolute atomic E-state index is 13.7. The van der Waals surface area contributed by atoms with Gasteiger partial charge in [-0.15, -0.1) is 12.4 Å².